The molecule has 0 bridgehead atoms. The Bertz CT molecular complexity index is 591. The number of piperidine rings is 1. The largest absolute Gasteiger partial charge is 0.480 e. The molecule has 0 radical (unpaired) electrons. The van der Waals surface area contributed by atoms with Crippen LogP contribution in [-0.2, 0) is 14.8 Å². The lowest BCUT2D eigenvalue weighted by Crippen LogP contribution is -2.47. The Balaban J connectivity index is 2.43. The van der Waals surface area contributed by atoms with Gasteiger partial charge in [-0.3, -0.25) is 4.79 Å². The van der Waals surface area contributed by atoms with Gasteiger partial charge in [0.1, 0.15) is 6.04 Å². The van der Waals surface area contributed by atoms with Gasteiger partial charge in [0.2, 0.25) is 10.0 Å². The van der Waals surface area contributed by atoms with Crippen molar-refractivity contribution in [2.75, 3.05) is 6.54 Å². The SMILES string of the molecule is Cc1cc(S(=O)(=O)N2CCCC[C@H]2C(=O)O)c(C)s1. The van der Waals surface area contributed by atoms with E-state index in [0.29, 0.717) is 17.7 Å². The number of sulfonamides is 1. The van der Waals surface area contributed by atoms with E-state index in [1.165, 1.54) is 11.3 Å². The molecule has 0 aromatic carbocycles. The molecule has 7 heteroatoms. The molecule has 5 nitrogen and oxygen atoms in total. The lowest BCUT2D eigenvalue weighted by molar-refractivity contribution is -0.142. The molecule has 1 saturated heterocycles. The standard InChI is InChI=1S/C12H17NO4S2/c1-8-7-11(9(2)18-8)19(16,17)13-6-4-3-5-10(13)12(14)15/h7,10H,3-6H2,1-2H3,(H,14,15)/t10-/m0/s1. The van der Waals surface area contributed by atoms with E-state index in [9.17, 15) is 18.3 Å². The molecule has 1 aliphatic rings. The Hall–Kier alpha value is -0.920. The number of carbonyl (C=O) groups is 1. The van der Waals surface area contributed by atoms with Crippen LogP contribution in [0.3, 0.4) is 0 Å². The minimum absolute atomic E-state index is 0.253. The van der Waals surface area contributed by atoms with Gasteiger partial charge in [-0.25, -0.2) is 8.42 Å². The third-order valence-corrected chi connectivity index (χ3v) is 6.45. The van der Waals surface area contributed by atoms with Gasteiger partial charge in [-0.2, -0.15) is 4.31 Å². The highest BCUT2D eigenvalue weighted by molar-refractivity contribution is 7.89. The first-order valence-electron chi connectivity index (χ1n) is 6.15. The topological polar surface area (TPSA) is 74.7 Å². The average Bonchev–Trinajstić information content (AvgIpc) is 2.69. The molecule has 2 rings (SSSR count). The molecule has 1 atom stereocenters. The zero-order valence-corrected chi connectivity index (χ0v) is 12.6. The smallest absolute Gasteiger partial charge is 0.322 e. The molecule has 0 amide bonds. The molecule has 0 aliphatic carbocycles. The van der Waals surface area contributed by atoms with Crippen LogP contribution in [0.15, 0.2) is 11.0 Å². The van der Waals surface area contributed by atoms with Crippen molar-refractivity contribution >= 4 is 27.3 Å². The Morgan fingerprint density at radius 2 is 2.11 bits per heavy atom. The fourth-order valence-corrected chi connectivity index (χ4v) is 5.61. The van der Waals surface area contributed by atoms with E-state index in [4.69, 9.17) is 0 Å². The van der Waals surface area contributed by atoms with Gasteiger partial charge in [-0.1, -0.05) is 0 Å². The zero-order valence-electron chi connectivity index (χ0n) is 10.9. The summed E-state index contributed by atoms with van der Waals surface area (Å²) in [5.41, 5.74) is 0. The second-order valence-corrected chi connectivity index (χ2v) is 8.06. The van der Waals surface area contributed by atoms with E-state index >= 15 is 0 Å². The first-order valence-corrected chi connectivity index (χ1v) is 8.41. The summed E-state index contributed by atoms with van der Waals surface area (Å²) in [5.74, 6) is -1.06. The zero-order chi connectivity index (χ0) is 14.2. The van der Waals surface area contributed by atoms with Gasteiger partial charge in [0.25, 0.3) is 0 Å². The molecule has 106 valence electrons. The number of rotatable bonds is 3. The number of nitrogens with zero attached hydrogens (tertiary/aromatic N) is 1. The van der Waals surface area contributed by atoms with E-state index in [1.807, 2.05) is 6.92 Å². The maximum Gasteiger partial charge on any atom is 0.322 e. The van der Waals surface area contributed by atoms with E-state index in [-0.39, 0.29) is 11.4 Å². The summed E-state index contributed by atoms with van der Waals surface area (Å²) in [7, 11) is -3.70. The number of carboxylic acid groups (broad SMARTS) is 1. The van der Waals surface area contributed by atoms with Crippen LogP contribution in [0, 0.1) is 13.8 Å². The van der Waals surface area contributed by atoms with Gasteiger partial charge >= 0.3 is 5.97 Å². The van der Waals surface area contributed by atoms with Crippen molar-refractivity contribution in [2.24, 2.45) is 0 Å². The van der Waals surface area contributed by atoms with Crippen LogP contribution in [0.25, 0.3) is 0 Å². The number of hydrogen-bond acceptors (Lipinski definition) is 4. The highest BCUT2D eigenvalue weighted by Crippen LogP contribution is 2.31. The molecule has 2 heterocycles. The molecule has 1 N–H and O–H groups in total. The van der Waals surface area contributed by atoms with Crippen molar-refractivity contribution in [1.82, 2.24) is 4.31 Å². The van der Waals surface area contributed by atoms with Gasteiger partial charge in [-0.15, -0.1) is 11.3 Å². The van der Waals surface area contributed by atoms with Crippen molar-refractivity contribution in [2.45, 2.75) is 44.0 Å². The molecule has 1 aliphatic heterocycles. The van der Waals surface area contributed by atoms with E-state index in [2.05, 4.69) is 0 Å². The quantitative estimate of drug-likeness (QED) is 0.926. The highest BCUT2D eigenvalue weighted by Gasteiger charge is 2.38. The fourth-order valence-electron chi connectivity index (χ4n) is 2.43. The second-order valence-electron chi connectivity index (χ2n) is 4.74. The van der Waals surface area contributed by atoms with Crippen molar-refractivity contribution < 1.29 is 18.3 Å². The number of aryl methyl sites for hydroxylation is 2. The Labute approximate surface area is 116 Å². The summed E-state index contributed by atoms with van der Waals surface area (Å²) in [6.45, 7) is 3.89. The van der Waals surface area contributed by atoms with E-state index in [0.717, 1.165) is 15.6 Å². The summed E-state index contributed by atoms with van der Waals surface area (Å²) >= 11 is 1.42. The van der Waals surface area contributed by atoms with E-state index in [1.54, 1.807) is 13.0 Å². The van der Waals surface area contributed by atoms with Crippen LogP contribution >= 0.6 is 11.3 Å². The van der Waals surface area contributed by atoms with Gasteiger partial charge < -0.3 is 5.11 Å². The maximum absolute atomic E-state index is 12.6. The lowest BCUT2D eigenvalue weighted by Gasteiger charge is -2.31. The van der Waals surface area contributed by atoms with Gasteiger partial charge in [0.05, 0.1) is 4.90 Å². The molecule has 1 fully saturated rings. The number of hydrogen-bond donors (Lipinski definition) is 1. The number of thiophene rings is 1. The second kappa shape index (κ2) is 5.22. The predicted molar refractivity (Wildman–Crippen MR) is 73.0 cm³/mol. The Morgan fingerprint density at radius 3 is 2.63 bits per heavy atom. The normalized spacial score (nSPS) is 21.5. The number of aliphatic carboxylic acids is 1. The predicted octanol–water partition coefficient (Wildman–Crippen LogP) is 1.99. The molecule has 1 aromatic heterocycles. The molecule has 1 aromatic rings. The Kier molecular flexibility index (Phi) is 3.98. The third-order valence-electron chi connectivity index (χ3n) is 3.32. The molecular weight excluding hydrogens is 286 g/mol. The maximum atomic E-state index is 12.6. The summed E-state index contributed by atoms with van der Waals surface area (Å²) in [4.78, 5) is 13.1. The average molecular weight is 303 g/mol. The van der Waals surface area contributed by atoms with Crippen molar-refractivity contribution in [1.29, 1.82) is 0 Å². The fraction of sp³-hybridized carbons (Fsp3) is 0.583. The molecule has 0 saturated carbocycles. The van der Waals surface area contributed by atoms with Crippen LogP contribution in [0.5, 0.6) is 0 Å². The molecule has 19 heavy (non-hydrogen) atoms. The minimum atomic E-state index is -3.70. The Morgan fingerprint density at radius 1 is 1.42 bits per heavy atom. The van der Waals surface area contributed by atoms with Crippen molar-refractivity contribution in [3.63, 3.8) is 0 Å². The third kappa shape index (κ3) is 2.68. The van der Waals surface area contributed by atoms with Gasteiger partial charge in [0, 0.05) is 16.3 Å². The summed E-state index contributed by atoms with van der Waals surface area (Å²) in [6, 6.07) is 0.696. The monoisotopic (exact) mass is 303 g/mol. The van der Waals surface area contributed by atoms with Crippen LogP contribution in [-0.4, -0.2) is 36.4 Å². The minimum Gasteiger partial charge on any atom is -0.480 e. The molecule has 0 unspecified atom stereocenters. The van der Waals surface area contributed by atoms with Crippen molar-refractivity contribution in [3.8, 4) is 0 Å². The lowest BCUT2D eigenvalue weighted by atomic mass is 10.1. The first-order chi connectivity index (χ1) is 8.84. The van der Waals surface area contributed by atoms with Crippen LogP contribution in [0.1, 0.15) is 29.0 Å². The van der Waals surface area contributed by atoms with Gasteiger partial charge in [-0.05, 0) is 39.2 Å². The van der Waals surface area contributed by atoms with Gasteiger partial charge in [0.15, 0.2) is 0 Å². The summed E-state index contributed by atoms with van der Waals surface area (Å²) < 4.78 is 26.4. The highest BCUT2D eigenvalue weighted by atomic mass is 32.2. The van der Waals surface area contributed by atoms with Crippen molar-refractivity contribution in [3.05, 3.63) is 15.8 Å². The number of carboxylic acids is 1. The summed E-state index contributed by atoms with van der Waals surface area (Å²) in [6.07, 6.45) is 1.85. The van der Waals surface area contributed by atoms with Crippen LogP contribution in [0.2, 0.25) is 0 Å². The molecular formula is C12H17NO4S2. The van der Waals surface area contributed by atoms with Crippen LogP contribution in [0.4, 0.5) is 0 Å². The van der Waals surface area contributed by atoms with Crippen LogP contribution < -0.4 is 0 Å². The first kappa shape index (κ1) is 14.5. The van der Waals surface area contributed by atoms with E-state index < -0.39 is 22.0 Å². The summed E-state index contributed by atoms with van der Waals surface area (Å²) in [5, 5.41) is 9.19. The molecule has 0 spiro atoms.